The first kappa shape index (κ1) is 35.8. The SMILES string of the molecule is c1ccc(-c2nc(-c3ccccc3-c3cccc(C4(c5ccccc5)c5ccccc5-c5ccccc54)c3)cc(-c3ccccc3-c3ccc4oc5ccccc5c4c3)n2)cc1. The van der Waals surface area contributed by atoms with Crippen molar-refractivity contribution in [2.24, 2.45) is 0 Å². The second-order valence-electron chi connectivity index (χ2n) is 16.0. The Labute approximate surface area is 360 Å². The number of rotatable bonds is 7. The molecule has 290 valence electrons. The molecule has 0 unspecified atom stereocenters. The van der Waals surface area contributed by atoms with Crippen molar-refractivity contribution in [1.82, 2.24) is 9.97 Å². The molecule has 0 N–H and O–H groups in total. The highest BCUT2D eigenvalue weighted by Gasteiger charge is 2.45. The van der Waals surface area contributed by atoms with Crippen LogP contribution in [0, 0.1) is 0 Å². The zero-order valence-electron chi connectivity index (χ0n) is 33.7. The first-order chi connectivity index (χ1) is 30.7. The molecule has 2 heterocycles. The first-order valence-corrected chi connectivity index (χ1v) is 21.1. The van der Waals surface area contributed by atoms with E-state index < -0.39 is 5.41 Å². The van der Waals surface area contributed by atoms with Gasteiger partial charge in [-0.1, -0.05) is 200 Å². The average Bonchev–Trinajstić information content (AvgIpc) is 3.88. The Kier molecular flexibility index (Phi) is 8.39. The van der Waals surface area contributed by atoms with E-state index in [1.807, 2.05) is 30.3 Å². The minimum absolute atomic E-state index is 0.503. The number of nitrogens with zero attached hydrogens (tertiary/aromatic N) is 2. The van der Waals surface area contributed by atoms with Gasteiger partial charge in [-0.3, -0.25) is 0 Å². The summed E-state index contributed by atoms with van der Waals surface area (Å²) in [5.41, 5.74) is 18.0. The van der Waals surface area contributed by atoms with Gasteiger partial charge in [-0.15, -0.1) is 0 Å². The second-order valence-corrected chi connectivity index (χ2v) is 16.0. The van der Waals surface area contributed by atoms with Crippen molar-refractivity contribution >= 4 is 21.9 Å². The van der Waals surface area contributed by atoms with Crippen LogP contribution in [0.25, 0.3) is 89.2 Å². The number of hydrogen-bond donors (Lipinski definition) is 0. The van der Waals surface area contributed by atoms with Crippen LogP contribution in [0.15, 0.2) is 235 Å². The Morgan fingerprint density at radius 1 is 0.306 bits per heavy atom. The lowest BCUT2D eigenvalue weighted by molar-refractivity contribution is 0.669. The van der Waals surface area contributed by atoms with Gasteiger partial charge in [-0.05, 0) is 86.0 Å². The fourth-order valence-electron chi connectivity index (χ4n) is 9.88. The van der Waals surface area contributed by atoms with Crippen molar-refractivity contribution in [1.29, 1.82) is 0 Å². The monoisotopic (exact) mass is 790 g/mol. The fraction of sp³-hybridized carbons (Fsp3) is 0.0169. The van der Waals surface area contributed by atoms with E-state index in [0.29, 0.717) is 5.82 Å². The molecule has 62 heavy (non-hydrogen) atoms. The molecule has 0 saturated carbocycles. The maximum atomic E-state index is 6.21. The van der Waals surface area contributed by atoms with E-state index >= 15 is 0 Å². The van der Waals surface area contributed by atoms with Crippen molar-refractivity contribution in [3.05, 3.63) is 253 Å². The summed E-state index contributed by atoms with van der Waals surface area (Å²) < 4.78 is 6.21. The van der Waals surface area contributed by atoms with Crippen LogP contribution in [-0.4, -0.2) is 9.97 Å². The highest BCUT2D eigenvalue weighted by Crippen LogP contribution is 2.56. The van der Waals surface area contributed by atoms with Gasteiger partial charge in [0.1, 0.15) is 11.2 Å². The maximum absolute atomic E-state index is 6.21. The quantitative estimate of drug-likeness (QED) is 0.161. The molecule has 0 atom stereocenters. The molecule has 0 amide bonds. The smallest absolute Gasteiger partial charge is 0.160 e. The standard InChI is InChI=1S/C59H38N2O/c1-3-18-39(19-4-1)58-60-54(38-55(61-58)49-29-10-8-25-45(49)41-34-35-57-51(37-41)50-30-13-16-33-56(50)62-57)48-28-9-7-24-44(48)40-20-17-23-43(36-40)59(42-21-5-2-6-22-42)52-31-14-11-26-46(52)47-27-12-15-32-53(47)59/h1-38H. The molecule has 0 spiro atoms. The van der Waals surface area contributed by atoms with Crippen molar-refractivity contribution in [3.63, 3.8) is 0 Å². The van der Waals surface area contributed by atoms with Crippen LogP contribution in [0.3, 0.4) is 0 Å². The number of benzene rings is 9. The molecule has 11 aromatic rings. The zero-order chi connectivity index (χ0) is 41.0. The van der Waals surface area contributed by atoms with E-state index in [4.69, 9.17) is 14.4 Å². The minimum atomic E-state index is -0.503. The summed E-state index contributed by atoms with van der Waals surface area (Å²) >= 11 is 0. The normalized spacial score (nSPS) is 12.6. The van der Waals surface area contributed by atoms with Gasteiger partial charge in [0, 0.05) is 27.5 Å². The van der Waals surface area contributed by atoms with Gasteiger partial charge in [0.05, 0.1) is 16.8 Å². The highest BCUT2D eigenvalue weighted by atomic mass is 16.3. The maximum Gasteiger partial charge on any atom is 0.160 e. The molecular formula is C59H38N2O. The Bertz CT molecular complexity index is 3430. The van der Waals surface area contributed by atoms with Crippen LogP contribution >= 0.6 is 0 Å². The number of hydrogen-bond acceptors (Lipinski definition) is 3. The molecule has 0 fully saturated rings. The molecule has 1 aliphatic rings. The second kappa shape index (κ2) is 14.5. The third-order valence-electron chi connectivity index (χ3n) is 12.6. The number of fused-ring (bicyclic) bond motifs is 6. The van der Waals surface area contributed by atoms with Crippen molar-refractivity contribution in [2.75, 3.05) is 0 Å². The number of para-hydroxylation sites is 1. The lowest BCUT2D eigenvalue weighted by Gasteiger charge is -2.34. The highest BCUT2D eigenvalue weighted by molar-refractivity contribution is 6.06. The topological polar surface area (TPSA) is 38.9 Å². The molecule has 0 saturated heterocycles. The van der Waals surface area contributed by atoms with Crippen LogP contribution in [0.1, 0.15) is 22.3 Å². The molecule has 0 aliphatic heterocycles. The third kappa shape index (κ3) is 5.67. The Hall–Kier alpha value is -8.14. The van der Waals surface area contributed by atoms with Gasteiger partial charge in [-0.2, -0.15) is 0 Å². The summed E-state index contributed by atoms with van der Waals surface area (Å²) in [5.74, 6) is 0.676. The average molecular weight is 791 g/mol. The van der Waals surface area contributed by atoms with Gasteiger partial charge in [-0.25, -0.2) is 9.97 Å². The van der Waals surface area contributed by atoms with E-state index in [0.717, 1.165) is 72.3 Å². The number of aromatic nitrogens is 2. The Morgan fingerprint density at radius 2 is 0.790 bits per heavy atom. The van der Waals surface area contributed by atoms with Crippen LogP contribution in [-0.2, 0) is 5.41 Å². The summed E-state index contributed by atoms with van der Waals surface area (Å²) in [6, 6.07) is 82.3. The van der Waals surface area contributed by atoms with E-state index in [-0.39, 0.29) is 0 Å². The summed E-state index contributed by atoms with van der Waals surface area (Å²) in [7, 11) is 0. The minimum Gasteiger partial charge on any atom is -0.456 e. The van der Waals surface area contributed by atoms with Crippen LogP contribution < -0.4 is 0 Å². The summed E-state index contributed by atoms with van der Waals surface area (Å²) in [5, 5.41) is 2.20. The van der Waals surface area contributed by atoms with Gasteiger partial charge in [0.2, 0.25) is 0 Å². The largest absolute Gasteiger partial charge is 0.456 e. The zero-order valence-corrected chi connectivity index (χ0v) is 33.7. The Balaban J connectivity index is 1.04. The lowest BCUT2D eigenvalue weighted by atomic mass is 9.67. The molecular weight excluding hydrogens is 753 g/mol. The van der Waals surface area contributed by atoms with E-state index in [1.54, 1.807) is 0 Å². The van der Waals surface area contributed by atoms with Gasteiger partial charge in [0.25, 0.3) is 0 Å². The summed E-state index contributed by atoms with van der Waals surface area (Å²) in [4.78, 5) is 10.7. The Morgan fingerprint density at radius 3 is 1.45 bits per heavy atom. The van der Waals surface area contributed by atoms with Gasteiger partial charge >= 0.3 is 0 Å². The predicted molar refractivity (Wildman–Crippen MR) is 254 cm³/mol. The first-order valence-electron chi connectivity index (χ1n) is 21.1. The lowest BCUT2D eigenvalue weighted by Crippen LogP contribution is -2.28. The van der Waals surface area contributed by atoms with E-state index in [1.165, 1.54) is 33.4 Å². The molecule has 0 radical (unpaired) electrons. The van der Waals surface area contributed by atoms with E-state index in [2.05, 4.69) is 200 Å². The molecule has 0 bridgehead atoms. The van der Waals surface area contributed by atoms with E-state index in [9.17, 15) is 0 Å². The summed E-state index contributed by atoms with van der Waals surface area (Å²) in [6.07, 6.45) is 0. The van der Waals surface area contributed by atoms with Crippen molar-refractivity contribution in [2.45, 2.75) is 5.41 Å². The van der Waals surface area contributed by atoms with Crippen LogP contribution in [0.2, 0.25) is 0 Å². The van der Waals surface area contributed by atoms with Crippen LogP contribution in [0.5, 0.6) is 0 Å². The molecule has 12 rings (SSSR count). The van der Waals surface area contributed by atoms with Gasteiger partial charge < -0.3 is 4.42 Å². The molecule has 3 heteroatoms. The summed E-state index contributed by atoms with van der Waals surface area (Å²) in [6.45, 7) is 0. The van der Waals surface area contributed by atoms with Crippen LogP contribution in [0.4, 0.5) is 0 Å². The molecule has 1 aliphatic carbocycles. The fourth-order valence-corrected chi connectivity index (χ4v) is 9.88. The predicted octanol–water partition coefficient (Wildman–Crippen LogP) is 15.1. The number of furan rings is 1. The molecule has 9 aromatic carbocycles. The molecule has 3 nitrogen and oxygen atoms in total. The molecule has 2 aromatic heterocycles. The van der Waals surface area contributed by atoms with Crippen molar-refractivity contribution in [3.8, 4) is 67.3 Å². The van der Waals surface area contributed by atoms with Gasteiger partial charge in [0.15, 0.2) is 5.82 Å². The third-order valence-corrected chi connectivity index (χ3v) is 12.6. The van der Waals surface area contributed by atoms with Crippen molar-refractivity contribution < 1.29 is 4.42 Å².